The van der Waals surface area contributed by atoms with Crippen molar-refractivity contribution in [3.63, 3.8) is 0 Å². The van der Waals surface area contributed by atoms with Gasteiger partial charge in [0.25, 0.3) is 0 Å². The van der Waals surface area contributed by atoms with Gasteiger partial charge >= 0.3 is 5.97 Å². The number of likely N-dealkylation sites (tertiary alicyclic amines) is 1. The molecule has 9 heteroatoms. The van der Waals surface area contributed by atoms with Crippen LogP contribution in [0.2, 0.25) is 0 Å². The number of amides is 1. The van der Waals surface area contributed by atoms with Gasteiger partial charge in [0, 0.05) is 18.7 Å². The van der Waals surface area contributed by atoms with Crippen molar-refractivity contribution in [2.75, 3.05) is 27.3 Å². The van der Waals surface area contributed by atoms with E-state index in [0.717, 1.165) is 22.4 Å². The molecule has 0 saturated carbocycles. The molecule has 41 heavy (non-hydrogen) atoms. The molecule has 1 N–H and O–H groups in total. The summed E-state index contributed by atoms with van der Waals surface area (Å²) in [5.41, 5.74) is 3.10. The summed E-state index contributed by atoms with van der Waals surface area (Å²) in [5.74, 6) is 0.154. The molecule has 2 heterocycles. The second-order valence-corrected chi connectivity index (χ2v) is 9.84. The summed E-state index contributed by atoms with van der Waals surface area (Å²) in [4.78, 5) is 28.1. The van der Waals surface area contributed by atoms with Crippen LogP contribution < -0.4 is 10.1 Å². The smallest absolute Gasteiger partial charge is 0.360 e. The van der Waals surface area contributed by atoms with E-state index in [9.17, 15) is 9.59 Å². The van der Waals surface area contributed by atoms with E-state index in [4.69, 9.17) is 9.47 Å². The number of aromatic nitrogens is 3. The molecule has 5 rings (SSSR count). The van der Waals surface area contributed by atoms with E-state index in [1.54, 1.807) is 18.0 Å². The zero-order valence-electron chi connectivity index (χ0n) is 23.1. The van der Waals surface area contributed by atoms with Gasteiger partial charge in [-0.2, -0.15) is 0 Å². The van der Waals surface area contributed by atoms with Crippen LogP contribution in [0.25, 0.3) is 6.08 Å². The van der Waals surface area contributed by atoms with Crippen molar-refractivity contribution in [2.24, 2.45) is 0 Å². The van der Waals surface area contributed by atoms with Gasteiger partial charge in [-0.3, -0.25) is 9.69 Å². The summed E-state index contributed by atoms with van der Waals surface area (Å²) in [5, 5.41) is 11.4. The molecule has 4 aromatic rings. The fourth-order valence-corrected chi connectivity index (χ4v) is 5.21. The molecule has 210 valence electrons. The Morgan fingerprint density at radius 1 is 0.976 bits per heavy atom. The third-order valence-corrected chi connectivity index (χ3v) is 7.29. The first-order valence-corrected chi connectivity index (χ1v) is 13.5. The maximum Gasteiger partial charge on any atom is 0.360 e. The van der Waals surface area contributed by atoms with Crippen LogP contribution in [-0.4, -0.2) is 65.1 Å². The number of ether oxygens (including phenoxy) is 2. The Bertz CT molecular complexity index is 1450. The van der Waals surface area contributed by atoms with Crippen molar-refractivity contribution in [3.8, 4) is 5.75 Å². The molecule has 1 aliphatic heterocycles. The van der Waals surface area contributed by atoms with Crippen LogP contribution in [0.3, 0.4) is 0 Å². The number of rotatable bonds is 10. The van der Waals surface area contributed by atoms with Crippen molar-refractivity contribution in [3.05, 3.63) is 120 Å². The molecule has 1 amide bonds. The number of hydrogen-bond donors (Lipinski definition) is 1. The minimum Gasteiger partial charge on any atom is -0.496 e. The molecule has 3 aromatic carbocycles. The molecule has 1 fully saturated rings. The highest BCUT2D eigenvalue weighted by atomic mass is 16.5. The van der Waals surface area contributed by atoms with Gasteiger partial charge in [-0.15, -0.1) is 5.10 Å². The summed E-state index contributed by atoms with van der Waals surface area (Å²) < 4.78 is 11.9. The molecule has 0 unspecified atom stereocenters. The van der Waals surface area contributed by atoms with Crippen LogP contribution in [0.5, 0.6) is 5.75 Å². The van der Waals surface area contributed by atoms with Crippen molar-refractivity contribution < 1.29 is 19.1 Å². The van der Waals surface area contributed by atoms with Crippen LogP contribution in [0, 0.1) is 0 Å². The van der Waals surface area contributed by atoms with Crippen LogP contribution in [0.1, 0.15) is 45.7 Å². The lowest BCUT2D eigenvalue weighted by molar-refractivity contribution is -0.125. The summed E-state index contributed by atoms with van der Waals surface area (Å²) in [7, 11) is 2.96. The Balaban J connectivity index is 1.40. The number of para-hydroxylation sites is 1. The van der Waals surface area contributed by atoms with E-state index >= 15 is 0 Å². The summed E-state index contributed by atoms with van der Waals surface area (Å²) >= 11 is 0. The van der Waals surface area contributed by atoms with Gasteiger partial charge in [-0.05, 0) is 23.6 Å². The highest BCUT2D eigenvalue weighted by Gasteiger charge is 2.38. The predicted molar refractivity (Wildman–Crippen MR) is 155 cm³/mol. The monoisotopic (exact) mass is 551 g/mol. The van der Waals surface area contributed by atoms with Gasteiger partial charge in [-0.1, -0.05) is 96.2 Å². The molecule has 9 nitrogen and oxygen atoms in total. The van der Waals surface area contributed by atoms with Crippen LogP contribution in [0.4, 0.5) is 0 Å². The molecular weight excluding hydrogens is 518 g/mol. The summed E-state index contributed by atoms with van der Waals surface area (Å²) in [6.07, 6.45) is 6.13. The second-order valence-electron chi connectivity index (χ2n) is 9.84. The maximum atomic E-state index is 14.0. The Labute approximate surface area is 239 Å². The average Bonchev–Trinajstić information content (AvgIpc) is 3.69. The van der Waals surface area contributed by atoms with Crippen molar-refractivity contribution in [2.45, 2.75) is 24.5 Å². The molecule has 1 aliphatic rings. The van der Waals surface area contributed by atoms with Crippen molar-refractivity contribution in [1.82, 2.24) is 25.2 Å². The van der Waals surface area contributed by atoms with Gasteiger partial charge in [0.05, 0.1) is 38.5 Å². The quantitative estimate of drug-likeness (QED) is 0.293. The summed E-state index contributed by atoms with van der Waals surface area (Å²) in [6.45, 7) is 1.09. The molecule has 1 saturated heterocycles. The number of nitrogens with zero attached hydrogens (tertiary/aromatic N) is 4. The number of carbonyl (C=O) groups is 2. The SMILES string of the molecule is COC(=O)c1cn([C@@H]2C[C@@H](C(=O)NC(c3ccccc3)c3ccccc3)N(CC=Cc3ccccc3OC)C2)nn1. The number of esters is 1. The summed E-state index contributed by atoms with van der Waals surface area (Å²) in [6, 6.07) is 26.8. The molecule has 0 bridgehead atoms. The fourth-order valence-electron chi connectivity index (χ4n) is 5.21. The number of nitrogens with one attached hydrogen (secondary N) is 1. The highest BCUT2D eigenvalue weighted by molar-refractivity contribution is 5.86. The predicted octanol–water partition coefficient (Wildman–Crippen LogP) is 4.31. The zero-order chi connectivity index (χ0) is 28.6. The molecule has 1 aromatic heterocycles. The van der Waals surface area contributed by atoms with E-state index < -0.39 is 12.0 Å². The lowest BCUT2D eigenvalue weighted by Crippen LogP contribution is -2.44. The van der Waals surface area contributed by atoms with Crippen molar-refractivity contribution in [1.29, 1.82) is 0 Å². The molecule has 0 aliphatic carbocycles. The Morgan fingerprint density at radius 3 is 2.29 bits per heavy atom. The second kappa shape index (κ2) is 13.1. The van der Waals surface area contributed by atoms with Crippen LogP contribution in [-0.2, 0) is 9.53 Å². The molecule has 0 spiro atoms. The molecule has 2 atom stereocenters. The van der Waals surface area contributed by atoms with Gasteiger partial charge in [-0.25, -0.2) is 9.48 Å². The third-order valence-electron chi connectivity index (χ3n) is 7.29. The molecular formula is C32H33N5O4. The van der Waals surface area contributed by atoms with E-state index in [0.29, 0.717) is 19.5 Å². The average molecular weight is 552 g/mol. The number of carbonyl (C=O) groups excluding carboxylic acids is 2. The number of benzene rings is 3. The van der Waals surface area contributed by atoms with Crippen molar-refractivity contribution >= 4 is 18.0 Å². The van der Waals surface area contributed by atoms with Gasteiger partial charge in [0.2, 0.25) is 5.91 Å². The minimum absolute atomic E-state index is 0.0794. The largest absolute Gasteiger partial charge is 0.496 e. The molecule has 0 radical (unpaired) electrons. The van der Waals surface area contributed by atoms with Gasteiger partial charge < -0.3 is 14.8 Å². The van der Waals surface area contributed by atoms with E-state index in [1.807, 2.05) is 97.1 Å². The van der Waals surface area contributed by atoms with E-state index in [-0.39, 0.29) is 23.7 Å². The fraction of sp³-hybridized carbons (Fsp3) is 0.250. The van der Waals surface area contributed by atoms with E-state index in [1.165, 1.54) is 7.11 Å². The normalized spacial score (nSPS) is 17.1. The minimum atomic E-state index is -0.547. The number of hydrogen-bond acceptors (Lipinski definition) is 7. The lowest BCUT2D eigenvalue weighted by Gasteiger charge is -2.26. The third kappa shape index (κ3) is 6.53. The zero-order valence-corrected chi connectivity index (χ0v) is 23.1. The highest BCUT2D eigenvalue weighted by Crippen LogP contribution is 2.29. The first kappa shape index (κ1) is 27.8. The van der Waals surface area contributed by atoms with E-state index in [2.05, 4.69) is 20.5 Å². The lowest BCUT2D eigenvalue weighted by atomic mass is 9.98. The number of methoxy groups -OCH3 is 2. The van der Waals surface area contributed by atoms with Crippen LogP contribution >= 0.6 is 0 Å². The first-order chi connectivity index (χ1) is 20.1. The topological polar surface area (TPSA) is 98.6 Å². The Hall–Kier alpha value is -4.76. The maximum absolute atomic E-state index is 14.0. The first-order valence-electron chi connectivity index (χ1n) is 13.5. The Kier molecular flexibility index (Phi) is 8.85. The van der Waals surface area contributed by atoms with Crippen LogP contribution in [0.15, 0.2) is 97.2 Å². The standard InChI is InChI=1S/C32H33N5O4/c1-40-29-18-10-9-12-23(29)17-11-19-36-21-26(37-22-27(34-35-37)32(39)41-2)20-28(36)31(38)33-30(24-13-5-3-6-14-24)25-15-7-4-8-16-25/h3-18,22,26,28,30H,19-21H2,1-2H3,(H,33,38)/t26-,28+/m1/s1. The van der Waals surface area contributed by atoms with Gasteiger partial charge in [0.15, 0.2) is 5.69 Å². The Morgan fingerprint density at radius 2 is 1.63 bits per heavy atom. The van der Waals surface area contributed by atoms with Gasteiger partial charge in [0.1, 0.15) is 5.75 Å².